The molecular weight excluding hydrogens is 634 g/mol. The van der Waals surface area contributed by atoms with E-state index in [4.69, 9.17) is 4.74 Å². The fourth-order valence-corrected chi connectivity index (χ4v) is 0.952. The second-order valence-corrected chi connectivity index (χ2v) is 2.52. The van der Waals surface area contributed by atoms with E-state index in [2.05, 4.69) is 13.8 Å². The molecule has 2 nitrogen and oxygen atoms in total. The van der Waals surface area contributed by atoms with Crippen molar-refractivity contribution in [1.82, 2.24) is 0 Å². The molecule has 0 heterocycles. The molecule has 0 bridgehead atoms. The van der Waals surface area contributed by atoms with Gasteiger partial charge in [0.2, 0.25) is 0 Å². The summed E-state index contributed by atoms with van der Waals surface area (Å²) in [7, 11) is 0. The zero-order chi connectivity index (χ0) is 8.69. The van der Waals surface area contributed by atoms with Crippen LogP contribution in [0.15, 0.2) is 0 Å². The van der Waals surface area contributed by atoms with Gasteiger partial charge in [0.15, 0.2) is 0 Å². The molecule has 0 unspecified atom stereocenters. The first-order valence-electron chi connectivity index (χ1n) is 3.96. The Hall–Kier alpha value is -2.53. The third-order valence-electron chi connectivity index (χ3n) is 1.38. The third-order valence-corrected chi connectivity index (χ3v) is 1.38. The second kappa shape index (κ2) is 9.47. The quantitative estimate of drug-likeness (QED) is 0.337. The Morgan fingerprint density at radius 3 is 1.85 bits per heavy atom. The predicted octanol–water partition coefficient (Wildman–Crippen LogP) is 2.15. The Labute approximate surface area is 68.9 Å². The van der Waals surface area contributed by atoms with Crippen LogP contribution < -0.4 is 0 Å². The van der Waals surface area contributed by atoms with Crippen LogP contribution in [0.2, 0.25) is 0 Å². The van der Waals surface area contributed by atoms with Crippen molar-refractivity contribution in [2.24, 2.45) is 0 Å². The van der Waals surface area contributed by atoms with E-state index >= 15 is 0 Å². The minimum atomic E-state index is -0.211. The van der Waals surface area contributed by atoms with E-state index in [0.717, 1.165) is 25.7 Å². The monoisotopic (exact) mass is 642 g/mol. The molecule has 0 aliphatic rings. The van der Waals surface area contributed by atoms with Gasteiger partial charge in [0.05, 0.1) is 6.10 Å². The standard InChI is InChI=1S/C9H16O2.2Cm/c1-4-6-9(7-5-2)11-8(3)10;;/h9H,1-2,4-7H2,3H3;;/q-2;;. The van der Waals surface area contributed by atoms with Gasteiger partial charge in [0.1, 0.15) is 0 Å². The molecule has 0 atom stereocenters. The third kappa shape index (κ3) is 9.47. The maximum Gasteiger partial charge on any atom is 0.302 e. The number of hydrogen-bond donors (Lipinski definition) is 0. The van der Waals surface area contributed by atoms with Gasteiger partial charge >= 0.3 is 5.97 Å². The van der Waals surface area contributed by atoms with Crippen molar-refractivity contribution in [1.29, 1.82) is 0 Å². The first kappa shape index (κ1) is 16.8. The molecule has 13 heavy (non-hydrogen) atoms. The topological polar surface area (TPSA) is 26.3 Å². The molecule has 0 spiro atoms. The van der Waals surface area contributed by atoms with E-state index < -0.39 is 0 Å². The molecule has 0 aliphatic carbocycles. The van der Waals surface area contributed by atoms with Gasteiger partial charge in [-0.25, -0.2) is 0 Å². The van der Waals surface area contributed by atoms with E-state index in [1.807, 2.05) is 0 Å². The molecule has 0 aliphatic heterocycles. The van der Waals surface area contributed by atoms with Crippen LogP contribution in [0.1, 0.15) is 32.6 Å². The first-order valence-corrected chi connectivity index (χ1v) is 3.96. The van der Waals surface area contributed by atoms with Gasteiger partial charge in [-0.3, -0.25) is 4.79 Å². The smallest absolute Gasteiger partial charge is 0.302 e. The van der Waals surface area contributed by atoms with Crippen molar-refractivity contribution in [2.45, 2.75) is 38.7 Å². The molecule has 0 saturated heterocycles. The normalized spacial score (nSPS) is 8.62. The number of rotatable bonds is 5. The molecule has 0 fully saturated rings. The Kier molecular flexibility index (Phi) is 12.3. The molecule has 0 rings (SSSR count). The van der Waals surface area contributed by atoms with E-state index in [1.54, 1.807) is 0 Å². The average Bonchev–Trinajstić information content (AvgIpc) is 1.87. The molecule has 4 heteroatoms. The molecule has 0 N–H and O–H groups in total. The maximum atomic E-state index is 10.5. The molecule has 0 aromatic heterocycles. The molecule has 0 aromatic carbocycles. The summed E-state index contributed by atoms with van der Waals surface area (Å²) in [5.41, 5.74) is 0. The second-order valence-electron chi connectivity index (χ2n) is 2.52. The summed E-state index contributed by atoms with van der Waals surface area (Å²) < 4.78 is 5.01. The largest absolute Gasteiger partial charge is 0.463 e. The van der Waals surface area contributed by atoms with Crippen molar-refractivity contribution >= 4 is 5.97 Å². The van der Waals surface area contributed by atoms with Gasteiger partial charge in [0.25, 0.3) is 0 Å². The predicted molar refractivity (Wildman–Crippen MR) is 44.7 cm³/mol. The van der Waals surface area contributed by atoms with Gasteiger partial charge in [-0.15, -0.1) is 0 Å². The van der Waals surface area contributed by atoms with Crippen molar-refractivity contribution < 1.29 is 9.53 Å². The summed E-state index contributed by atoms with van der Waals surface area (Å²) >= 11 is 0. The Morgan fingerprint density at radius 1 is 1.23 bits per heavy atom. The Balaban J connectivity index is -0.000000500. The summed E-state index contributed by atoms with van der Waals surface area (Å²) in [6.07, 6.45) is 3.32. The molecule has 82 valence electrons. The molecule has 0 radical (unpaired) electrons. The van der Waals surface area contributed by atoms with Crippen LogP contribution >= 0.6 is 0 Å². The average molecular weight is 650 g/mol. The maximum absolute atomic E-state index is 10.5. The van der Waals surface area contributed by atoms with Gasteiger partial charge in [-0.1, -0.05) is 0 Å². The number of carbonyl (C=O) groups excluding carboxylic acids is 1. The van der Waals surface area contributed by atoms with Gasteiger partial charge in [0, 0.05) is 6.92 Å². The van der Waals surface area contributed by atoms with Crippen molar-refractivity contribution in [3.05, 3.63) is 13.8 Å². The van der Waals surface area contributed by atoms with E-state index in [-0.39, 0.29) is 12.1 Å². The fraction of sp³-hybridized carbons (Fsp3) is 0.667. The van der Waals surface area contributed by atoms with E-state index in [1.165, 1.54) is 6.92 Å². The van der Waals surface area contributed by atoms with Crippen LogP contribution in [0.4, 0.5) is 0 Å². The van der Waals surface area contributed by atoms with Gasteiger partial charge in [-0.05, 0) is 12.8 Å². The zero-order valence-electron chi connectivity index (χ0n) is 7.84. The summed E-state index contributed by atoms with van der Waals surface area (Å²) in [5.74, 6) is -0.211. The van der Waals surface area contributed by atoms with Crippen LogP contribution in [0.3, 0.4) is 0 Å². The van der Waals surface area contributed by atoms with Crippen LogP contribution in [0, 0.1) is 13.8 Å². The zero-order valence-corrected chi connectivity index (χ0v) is 13.7. The molecule has 0 amide bonds. The number of hydrogen-bond acceptors (Lipinski definition) is 2. The van der Waals surface area contributed by atoms with Gasteiger partial charge < -0.3 is 18.6 Å². The SMILES string of the molecule is [CH2-]CCC(CC[CH2-])OC(C)=O.[Cm].[Cm]. The van der Waals surface area contributed by atoms with Crippen molar-refractivity contribution in [2.75, 3.05) is 0 Å². The number of carbonyl (C=O) groups is 1. The minimum Gasteiger partial charge on any atom is -0.463 e. The van der Waals surface area contributed by atoms with Crippen LogP contribution in [0.5, 0.6) is 0 Å². The summed E-state index contributed by atoms with van der Waals surface area (Å²) in [5, 5.41) is 0. The van der Waals surface area contributed by atoms with Gasteiger partial charge in [-0.2, -0.15) is 12.8 Å². The van der Waals surface area contributed by atoms with Crippen LogP contribution in [-0.4, -0.2) is 12.1 Å². The van der Waals surface area contributed by atoms with Crippen LogP contribution in [0.25, 0.3) is 0 Å². The van der Waals surface area contributed by atoms with Crippen molar-refractivity contribution in [3.63, 3.8) is 0 Å². The Morgan fingerprint density at radius 2 is 1.62 bits per heavy atom. The molecule has 0 saturated carbocycles. The molecule has 0 aromatic rings. The first-order chi connectivity index (χ1) is 5.20. The van der Waals surface area contributed by atoms with Crippen molar-refractivity contribution in [3.8, 4) is 0 Å². The Bertz CT molecular complexity index is 112. The van der Waals surface area contributed by atoms with E-state index in [0.29, 0.717) is 0 Å². The minimum absolute atomic E-state index is 0. The summed E-state index contributed by atoms with van der Waals surface area (Å²) in [6, 6.07) is 0. The van der Waals surface area contributed by atoms with Crippen LogP contribution in [-0.2, 0) is 9.53 Å². The van der Waals surface area contributed by atoms with E-state index in [9.17, 15) is 4.79 Å². The summed E-state index contributed by atoms with van der Waals surface area (Å²) in [4.78, 5) is 10.5. The number of ether oxygens (including phenoxy) is 1. The number of esters is 1. The fourth-order valence-electron chi connectivity index (χ4n) is 0.952. The molecular formula is C9H16Cm2O2-2. The summed E-state index contributed by atoms with van der Waals surface area (Å²) in [6.45, 7) is 8.84.